The van der Waals surface area contributed by atoms with Crippen LogP contribution in [0, 0.1) is 12.7 Å². The summed E-state index contributed by atoms with van der Waals surface area (Å²) in [5.41, 5.74) is 8.57. The van der Waals surface area contributed by atoms with Gasteiger partial charge >= 0.3 is 0 Å². The number of benzene rings is 1. The molecule has 0 amide bonds. The predicted octanol–water partition coefficient (Wildman–Crippen LogP) is 2.75. The molecule has 0 bridgehead atoms. The van der Waals surface area contributed by atoms with Crippen LogP contribution in [0.25, 0.3) is 0 Å². The lowest BCUT2D eigenvalue weighted by Gasteiger charge is -2.24. The van der Waals surface area contributed by atoms with E-state index in [4.69, 9.17) is 5.73 Å². The third kappa shape index (κ3) is 2.05. The predicted molar refractivity (Wildman–Crippen MR) is 65.2 cm³/mol. The van der Waals surface area contributed by atoms with Crippen LogP contribution in [0.3, 0.4) is 0 Å². The zero-order valence-corrected chi connectivity index (χ0v) is 10.1. The third-order valence-corrected chi connectivity index (χ3v) is 3.27. The minimum Gasteiger partial charge on any atom is -0.371 e. The normalized spacial score (nSPS) is 17.3. The van der Waals surface area contributed by atoms with Gasteiger partial charge in [-0.2, -0.15) is 0 Å². The van der Waals surface area contributed by atoms with Crippen LogP contribution in [-0.2, 0) is 0 Å². The minimum absolute atomic E-state index is 0.133. The second-order valence-corrected chi connectivity index (χ2v) is 4.79. The molecule has 1 saturated carbocycles. The molecule has 2 nitrogen and oxygen atoms in total. The summed E-state index contributed by atoms with van der Waals surface area (Å²) in [6.45, 7) is 3.69. The summed E-state index contributed by atoms with van der Waals surface area (Å²) < 4.78 is 13.5. The van der Waals surface area contributed by atoms with Gasteiger partial charge in [-0.05, 0) is 49.9 Å². The van der Waals surface area contributed by atoms with E-state index in [1.165, 1.54) is 12.8 Å². The lowest BCUT2D eigenvalue weighted by atomic mass is 10.0. The van der Waals surface area contributed by atoms with Crippen molar-refractivity contribution >= 4 is 5.69 Å². The quantitative estimate of drug-likeness (QED) is 0.852. The molecule has 0 aliphatic heterocycles. The first-order valence-corrected chi connectivity index (χ1v) is 5.79. The first-order chi connectivity index (χ1) is 7.50. The van der Waals surface area contributed by atoms with Crippen LogP contribution >= 0.6 is 0 Å². The van der Waals surface area contributed by atoms with Crippen molar-refractivity contribution in [3.8, 4) is 0 Å². The van der Waals surface area contributed by atoms with Gasteiger partial charge in [0.25, 0.3) is 0 Å². The van der Waals surface area contributed by atoms with E-state index in [-0.39, 0.29) is 11.9 Å². The number of rotatable bonds is 3. The molecule has 0 radical (unpaired) electrons. The van der Waals surface area contributed by atoms with E-state index in [2.05, 4.69) is 11.9 Å². The molecule has 88 valence electrons. The van der Waals surface area contributed by atoms with Crippen molar-refractivity contribution in [2.45, 2.75) is 38.8 Å². The van der Waals surface area contributed by atoms with Crippen LogP contribution in [0.4, 0.5) is 10.1 Å². The van der Waals surface area contributed by atoms with Crippen LogP contribution < -0.4 is 10.6 Å². The monoisotopic (exact) mass is 222 g/mol. The molecule has 2 rings (SSSR count). The second kappa shape index (κ2) is 4.06. The van der Waals surface area contributed by atoms with Gasteiger partial charge in [0.2, 0.25) is 0 Å². The number of hydrogen-bond donors (Lipinski definition) is 1. The molecular weight excluding hydrogens is 203 g/mol. The highest BCUT2D eigenvalue weighted by molar-refractivity contribution is 5.58. The summed E-state index contributed by atoms with van der Waals surface area (Å²) in [7, 11) is 2.07. The first-order valence-electron chi connectivity index (χ1n) is 5.79. The van der Waals surface area contributed by atoms with E-state index in [0.717, 1.165) is 11.3 Å². The van der Waals surface area contributed by atoms with Crippen LogP contribution in [0.2, 0.25) is 0 Å². The smallest absolute Gasteiger partial charge is 0.126 e. The van der Waals surface area contributed by atoms with Crippen molar-refractivity contribution in [2.24, 2.45) is 5.73 Å². The number of aryl methyl sites for hydroxylation is 1. The maximum atomic E-state index is 13.5. The standard InChI is InChI=1S/C13H19FN2/c1-8-6-13(16(3)10-4-5-10)11(9(2)15)7-12(8)14/h6-7,9-10H,4-5,15H2,1-3H3/t9-/m0/s1. The summed E-state index contributed by atoms with van der Waals surface area (Å²) in [6, 6.07) is 3.97. The van der Waals surface area contributed by atoms with Crippen LogP contribution in [0.1, 0.15) is 36.9 Å². The van der Waals surface area contributed by atoms with Gasteiger partial charge in [0, 0.05) is 24.8 Å². The van der Waals surface area contributed by atoms with Gasteiger partial charge in [-0.3, -0.25) is 0 Å². The van der Waals surface area contributed by atoms with Crippen molar-refractivity contribution in [2.75, 3.05) is 11.9 Å². The Labute approximate surface area is 96.2 Å². The van der Waals surface area contributed by atoms with E-state index in [0.29, 0.717) is 11.6 Å². The van der Waals surface area contributed by atoms with E-state index in [1.54, 1.807) is 13.0 Å². The van der Waals surface area contributed by atoms with Gasteiger partial charge in [0.05, 0.1) is 0 Å². The van der Waals surface area contributed by atoms with Crippen molar-refractivity contribution in [1.29, 1.82) is 0 Å². The molecule has 1 fully saturated rings. The molecule has 0 spiro atoms. The molecule has 0 unspecified atom stereocenters. The lowest BCUT2D eigenvalue weighted by Crippen LogP contribution is -2.23. The number of anilines is 1. The number of nitrogens with zero attached hydrogens (tertiary/aromatic N) is 1. The summed E-state index contributed by atoms with van der Waals surface area (Å²) in [4.78, 5) is 2.23. The van der Waals surface area contributed by atoms with Crippen molar-refractivity contribution in [1.82, 2.24) is 0 Å². The summed E-state index contributed by atoms with van der Waals surface area (Å²) in [6.07, 6.45) is 2.45. The third-order valence-electron chi connectivity index (χ3n) is 3.27. The van der Waals surface area contributed by atoms with Crippen LogP contribution in [0.15, 0.2) is 12.1 Å². The Balaban J connectivity index is 2.44. The molecular formula is C13H19FN2. The van der Waals surface area contributed by atoms with E-state index >= 15 is 0 Å². The molecule has 2 N–H and O–H groups in total. The fraction of sp³-hybridized carbons (Fsp3) is 0.538. The van der Waals surface area contributed by atoms with Gasteiger partial charge in [-0.1, -0.05) is 0 Å². The average Bonchev–Trinajstić information content (AvgIpc) is 3.03. The maximum absolute atomic E-state index is 13.5. The van der Waals surface area contributed by atoms with Crippen LogP contribution in [0.5, 0.6) is 0 Å². The molecule has 1 aromatic rings. The van der Waals surface area contributed by atoms with Crippen LogP contribution in [-0.4, -0.2) is 13.1 Å². The number of nitrogens with two attached hydrogens (primary N) is 1. The van der Waals surface area contributed by atoms with Gasteiger partial charge < -0.3 is 10.6 Å². The molecule has 1 atom stereocenters. The maximum Gasteiger partial charge on any atom is 0.126 e. The largest absolute Gasteiger partial charge is 0.371 e. The minimum atomic E-state index is -0.166. The van der Waals surface area contributed by atoms with E-state index in [1.807, 2.05) is 13.0 Å². The van der Waals surface area contributed by atoms with Crippen molar-refractivity contribution in [3.63, 3.8) is 0 Å². The average molecular weight is 222 g/mol. The highest BCUT2D eigenvalue weighted by Gasteiger charge is 2.28. The highest BCUT2D eigenvalue weighted by atomic mass is 19.1. The van der Waals surface area contributed by atoms with Gasteiger partial charge in [0.1, 0.15) is 5.82 Å². The summed E-state index contributed by atoms with van der Waals surface area (Å²) >= 11 is 0. The Kier molecular flexibility index (Phi) is 2.89. The van der Waals surface area contributed by atoms with Crippen molar-refractivity contribution in [3.05, 3.63) is 29.1 Å². The van der Waals surface area contributed by atoms with Gasteiger partial charge in [-0.25, -0.2) is 4.39 Å². The molecule has 1 aliphatic carbocycles. The number of halogens is 1. The highest BCUT2D eigenvalue weighted by Crippen LogP contribution is 2.35. The van der Waals surface area contributed by atoms with Gasteiger partial charge in [-0.15, -0.1) is 0 Å². The first kappa shape index (κ1) is 11.4. The zero-order valence-electron chi connectivity index (χ0n) is 10.1. The van der Waals surface area contributed by atoms with E-state index < -0.39 is 0 Å². The Morgan fingerprint density at radius 1 is 1.44 bits per heavy atom. The summed E-state index contributed by atoms with van der Waals surface area (Å²) in [5, 5.41) is 0. The van der Waals surface area contributed by atoms with Gasteiger partial charge in [0.15, 0.2) is 0 Å². The fourth-order valence-electron chi connectivity index (χ4n) is 2.01. The molecule has 0 saturated heterocycles. The Morgan fingerprint density at radius 3 is 2.56 bits per heavy atom. The molecule has 1 aromatic carbocycles. The van der Waals surface area contributed by atoms with Crippen molar-refractivity contribution < 1.29 is 4.39 Å². The second-order valence-electron chi connectivity index (χ2n) is 4.79. The SMILES string of the molecule is Cc1cc(N(C)C2CC2)c([C@H](C)N)cc1F. The lowest BCUT2D eigenvalue weighted by molar-refractivity contribution is 0.612. The molecule has 0 aromatic heterocycles. The number of hydrogen-bond acceptors (Lipinski definition) is 2. The Bertz CT molecular complexity index is 397. The Hall–Kier alpha value is -1.09. The summed E-state index contributed by atoms with van der Waals surface area (Å²) in [5.74, 6) is -0.166. The molecule has 16 heavy (non-hydrogen) atoms. The topological polar surface area (TPSA) is 29.3 Å². The fourth-order valence-corrected chi connectivity index (χ4v) is 2.01. The van der Waals surface area contributed by atoms with E-state index in [9.17, 15) is 4.39 Å². The Morgan fingerprint density at radius 2 is 2.06 bits per heavy atom. The molecule has 0 heterocycles. The molecule has 3 heteroatoms. The zero-order chi connectivity index (χ0) is 11.9. The molecule has 1 aliphatic rings.